The summed E-state index contributed by atoms with van der Waals surface area (Å²) in [5.41, 5.74) is 2.96. The molecule has 0 aliphatic carbocycles. The second kappa shape index (κ2) is 4.77. The minimum atomic E-state index is 0.573. The summed E-state index contributed by atoms with van der Waals surface area (Å²) in [6, 6.07) is 9.88. The SMILES string of the molecule is CC(C)NCC1Cc2ccccc2CN1. The lowest BCUT2D eigenvalue weighted by atomic mass is 9.96. The molecule has 2 nitrogen and oxygen atoms in total. The van der Waals surface area contributed by atoms with Gasteiger partial charge in [0, 0.05) is 25.2 Å². The van der Waals surface area contributed by atoms with Gasteiger partial charge in [0.05, 0.1) is 0 Å². The first kappa shape index (κ1) is 10.7. The van der Waals surface area contributed by atoms with Crippen LogP contribution in [0.15, 0.2) is 24.3 Å². The van der Waals surface area contributed by atoms with E-state index in [1.807, 2.05) is 0 Å². The Morgan fingerprint density at radius 3 is 2.80 bits per heavy atom. The molecule has 1 aliphatic heterocycles. The lowest BCUT2D eigenvalue weighted by Crippen LogP contribution is -2.44. The van der Waals surface area contributed by atoms with Gasteiger partial charge < -0.3 is 10.6 Å². The molecule has 0 spiro atoms. The second-order valence-corrected chi connectivity index (χ2v) is 4.61. The standard InChI is InChI=1S/C13H20N2/c1-10(2)14-9-13-7-11-5-3-4-6-12(11)8-15-13/h3-6,10,13-15H,7-9H2,1-2H3. The van der Waals surface area contributed by atoms with E-state index in [0.717, 1.165) is 19.5 Å². The van der Waals surface area contributed by atoms with Crippen molar-refractivity contribution < 1.29 is 0 Å². The van der Waals surface area contributed by atoms with Gasteiger partial charge in [-0.3, -0.25) is 0 Å². The van der Waals surface area contributed by atoms with Crippen molar-refractivity contribution in [3.63, 3.8) is 0 Å². The lowest BCUT2D eigenvalue weighted by molar-refractivity contribution is 0.430. The molecule has 2 rings (SSSR count). The molecule has 1 heterocycles. The molecule has 1 aromatic carbocycles. The van der Waals surface area contributed by atoms with E-state index in [0.29, 0.717) is 12.1 Å². The van der Waals surface area contributed by atoms with Crippen molar-refractivity contribution in [3.8, 4) is 0 Å². The number of benzene rings is 1. The molecule has 0 saturated carbocycles. The molecule has 0 saturated heterocycles. The fourth-order valence-electron chi connectivity index (χ4n) is 2.04. The molecule has 1 unspecified atom stereocenters. The van der Waals surface area contributed by atoms with Gasteiger partial charge in [0.25, 0.3) is 0 Å². The third kappa shape index (κ3) is 2.80. The molecule has 0 amide bonds. The Morgan fingerprint density at radius 2 is 2.07 bits per heavy atom. The van der Waals surface area contributed by atoms with Crippen LogP contribution in [0.2, 0.25) is 0 Å². The van der Waals surface area contributed by atoms with Gasteiger partial charge in [-0.05, 0) is 17.5 Å². The summed E-state index contributed by atoms with van der Waals surface area (Å²) in [6.07, 6.45) is 1.15. The number of hydrogen-bond acceptors (Lipinski definition) is 2. The summed E-state index contributed by atoms with van der Waals surface area (Å²) < 4.78 is 0. The Labute approximate surface area is 92.1 Å². The first-order chi connectivity index (χ1) is 7.25. The van der Waals surface area contributed by atoms with Gasteiger partial charge in [0.1, 0.15) is 0 Å². The monoisotopic (exact) mass is 204 g/mol. The maximum atomic E-state index is 3.57. The zero-order valence-corrected chi connectivity index (χ0v) is 9.59. The van der Waals surface area contributed by atoms with Gasteiger partial charge in [-0.2, -0.15) is 0 Å². The quantitative estimate of drug-likeness (QED) is 0.783. The summed E-state index contributed by atoms with van der Waals surface area (Å²) in [7, 11) is 0. The van der Waals surface area contributed by atoms with Crippen molar-refractivity contribution in [3.05, 3.63) is 35.4 Å². The molecule has 2 N–H and O–H groups in total. The van der Waals surface area contributed by atoms with Crippen LogP contribution in [-0.2, 0) is 13.0 Å². The highest BCUT2D eigenvalue weighted by Gasteiger charge is 2.16. The minimum absolute atomic E-state index is 0.573. The topological polar surface area (TPSA) is 24.1 Å². The molecule has 15 heavy (non-hydrogen) atoms. The van der Waals surface area contributed by atoms with Crippen LogP contribution in [0.25, 0.3) is 0 Å². The van der Waals surface area contributed by atoms with E-state index < -0.39 is 0 Å². The van der Waals surface area contributed by atoms with E-state index in [1.54, 1.807) is 0 Å². The summed E-state index contributed by atoms with van der Waals surface area (Å²) >= 11 is 0. The van der Waals surface area contributed by atoms with E-state index in [2.05, 4.69) is 48.7 Å². The van der Waals surface area contributed by atoms with Gasteiger partial charge >= 0.3 is 0 Å². The van der Waals surface area contributed by atoms with E-state index in [-0.39, 0.29) is 0 Å². The van der Waals surface area contributed by atoms with Crippen molar-refractivity contribution in [2.45, 2.75) is 38.9 Å². The van der Waals surface area contributed by atoms with E-state index in [9.17, 15) is 0 Å². The van der Waals surface area contributed by atoms with Crippen LogP contribution in [0, 0.1) is 0 Å². The summed E-state index contributed by atoms with van der Waals surface area (Å²) in [5, 5.41) is 7.05. The number of fused-ring (bicyclic) bond motifs is 1. The summed E-state index contributed by atoms with van der Waals surface area (Å²) in [4.78, 5) is 0. The fraction of sp³-hybridized carbons (Fsp3) is 0.538. The van der Waals surface area contributed by atoms with E-state index >= 15 is 0 Å². The Hall–Kier alpha value is -0.860. The van der Waals surface area contributed by atoms with Gasteiger partial charge in [-0.1, -0.05) is 38.1 Å². The molecule has 0 aromatic heterocycles. The van der Waals surface area contributed by atoms with E-state index in [4.69, 9.17) is 0 Å². The minimum Gasteiger partial charge on any atom is -0.313 e. The van der Waals surface area contributed by atoms with Crippen LogP contribution in [0.3, 0.4) is 0 Å². The fourth-order valence-corrected chi connectivity index (χ4v) is 2.04. The Balaban J connectivity index is 1.94. The normalized spacial score (nSPS) is 20.3. The Bertz CT molecular complexity index is 320. The molecule has 0 fully saturated rings. The second-order valence-electron chi connectivity index (χ2n) is 4.61. The van der Waals surface area contributed by atoms with Crippen LogP contribution in [-0.4, -0.2) is 18.6 Å². The smallest absolute Gasteiger partial charge is 0.0236 e. The number of nitrogens with one attached hydrogen (secondary N) is 2. The van der Waals surface area contributed by atoms with Gasteiger partial charge in [-0.25, -0.2) is 0 Å². The van der Waals surface area contributed by atoms with Crippen LogP contribution in [0.4, 0.5) is 0 Å². The largest absolute Gasteiger partial charge is 0.313 e. The molecule has 1 aromatic rings. The maximum absolute atomic E-state index is 3.57. The Kier molecular flexibility index (Phi) is 3.39. The highest BCUT2D eigenvalue weighted by molar-refractivity contribution is 5.29. The van der Waals surface area contributed by atoms with Crippen LogP contribution < -0.4 is 10.6 Å². The molecule has 0 radical (unpaired) electrons. The molecule has 1 atom stereocenters. The lowest BCUT2D eigenvalue weighted by Gasteiger charge is -2.27. The molecule has 2 heteroatoms. The highest BCUT2D eigenvalue weighted by atomic mass is 15.0. The maximum Gasteiger partial charge on any atom is 0.0236 e. The molecule has 0 bridgehead atoms. The van der Waals surface area contributed by atoms with Crippen molar-refractivity contribution in [1.29, 1.82) is 0 Å². The van der Waals surface area contributed by atoms with Crippen LogP contribution in [0.1, 0.15) is 25.0 Å². The molecular formula is C13H20N2. The van der Waals surface area contributed by atoms with Crippen molar-refractivity contribution in [2.24, 2.45) is 0 Å². The molecule has 1 aliphatic rings. The summed E-state index contributed by atoms with van der Waals surface area (Å²) in [6.45, 7) is 6.46. The van der Waals surface area contributed by atoms with Gasteiger partial charge in [0.15, 0.2) is 0 Å². The first-order valence-electron chi connectivity index (χ1n) is 5.79. The number of rotatable bonds is 3. The van der Waals surface area contributed by atoms with Crippen molar-refractivity contribution >= 4 is 0 Å². The van der Waals surface area contributed by atoms with Crippen LogP contribution in [0.5, 0.6) is 0 Å². The predicted octanol–water partition coefficient (Wildman–Crippen LogP) is 1.70. The predicted molar refractivity (Wildman–Crippen MR) is 63.9 cm³/mol. The zero-order valence-electron chi connectivity index (χ0n) is 9.59. The Morgan fingerprint density at radius 1 is 1.33 bits per heavy atom. The van der Waals surface area contributed by atoms with Crippen molar-refractivity contribution in [2.75, 3.05) is 6.54 Å². The molecule has 82 valence electrons. The third-order valence-electron chi connectivity index (χ3n) is 2.94. The highest BCUT2D eigenvalue weighted by Crippen LogP contribution is 2.15. The third-order valence-corrected chi connectivity index (χ3v) is 2.94. The zero-order chi connectivity index (χ0) is 10.7. The van der Waals surface area contributed by atoms with Gasteiger partial charge in [-0.15, -0.1) is 0 Å². The number of hydrogen-bond donors (Lipinski definition) is 2. The average molecular weight is 204 g/mol. The van der Waals surface area contributed by atoms with E-state index in [1.165, 1.54) is 11.1 Å². The van der Waals surface area contributed by atoms with Crippen molar-refractivity contribution in [1.82, 2.24) is 10.6 Å². The first-order valence-corrected chi connectivity index (χ1v) is 5.79. The summed E-state index contributed by atoms with van der Waals surface area (Å²) in [5.74, 6) is 0. The van der Waals surface area contributed by atoms with Crippen LogP contribution >= 0.6 is 0 Å². The van der Waals surface area contributed by atoms with Gasteiger partial charge in [0.2, 0.25) is 0 Å². The molecular weight excluding hydrogens is 184 g/mol. The average Bonchev–Trinajstić information content (AvgIpc) is 2.26.